The van der Waals surface area contributed by atoms with Crippen LogP contribution in [0.15, 0.2) is 26.2 Å². The Morgan fingerprint density at radius 3 is 2.64 bits per heavy atom. The van der Waals surface area contributed by atoms with Crippen molar-refractivity contribution in [2.24, 2.45) is 5.10 Å². The third kappa shape index (κ3) is 4.40. The number of aromatic amines is 1. The summed E-state index contributed by atoms with van der Waals surface area (Å²) in [6.07, 6.45) is 1.32. The molecule has 1 aromatic carbocycles. The van der Waals surface area contributed by atoms with E-state index in [1.165, 1.54) is 13.3 Å². The quantitative estimate of drug-likeness (QED) is 0.465. The van der Waals surface area contributed by atoms with Crippen LogP contribution in [0.5, 0.6) is 11.5 Å². The Labute approximate surface area is 162 Å². The fraction of sp³-hybridized carbons (Fsp3) is 0.312. The van der Waals surface area contributed by atoms with E-state index in [0.717, 1.165) is 5.69 Å². The summed E-state index contributed by atoms with van der Waals surface area (Å²) in [6.45, 7) is 6.05. The van der Waals surface area contributed by atoms with Crippen molar-refractivity contribution < 1.29 is 14.6 Å². The van der Waals surface area contributed by atoms with Crippen LogP contribution in [0.3, 0.4) is 0 Å². The molecule has 0 aliphatic heterocycles. The normalized spacial score (nSPS) is 11.8. The summed E-state index contributed by atoms with van der Waals surface area (Å²) in [5.74, 6) is -0.268. The molecular weight excluding hydrogens is 456 g/mol. The fourth-order valence-corrected chi connectivity index (χ4v) is 2.75. The molecule has 9 heteroatoms. The van der Waals surface area contributed by atoms with Crippen LogP contribution < -0.4 is 10.2 Å². The Morgan fingerprint density at radius 1 is 1.40 bits per heavy atom. The number of nitrogens with zero attached hydrogens (tertiary/aromatic N) is 2. The first-order valence-corrected chi connectivity index (χ1v) is 8.88. The maximum Gasteiger partial charge on any atom is 0.291 e. The van der Waals surface area contributed by atoms with Gasteiger partial charge < -0.3 is 9.84 Å². The zero-order valence-electron chi connectivity index (χ0n) is 14.1. The third-order valence-electron chi connectivity index (χ3n) is 3.39. The van der Waals surface area contributed by atoms with Gasteiger partial charge in [-0.3, -0.25) is 9.89 Å². The molecule has 0 radical (unpaired) electrons. The smallest absolute Gasteiger partial charge is 0.291 e. The van der Waals surface area contributed by atoms with E-state index in [0.29, 0.717) is 14.5 Å². The second kappa shape index (κ2) is 7.57. The van der Waals surface area contributed by atoms with E-state index in [2.05, 4.69) is 52.6 Å². The minimum Gasteiger partial charge on any atom is -0.504 e. The van der Waals surface area contributed by atoms with Gasteiger partial charge >= 0.3 is 0 Å². The van der Waals surface area contributed by atoms with Crippen LogP contribution in [0.1, 0.15) is 42.5 Å². The number of nitrogens with one attached hydrogen (secondary N) is 2. The summed E-state index contributed by atoms with van der Waals surface area (Å²) in [5.41, 5.74) is 3.69. The van der Waals surface area contributed by atoms with Gasteiger partial charge in [0, 0.05) is 20.1 Å². The van der Waals surface area contributed by atoms with Crippen molar-refractivity contribution in [1.82, 2.24) is 15.6 Å². The highest BCUT2D eigenvalue weighted by Gasteiger charge is 2.19. The number of hydrogen-bond donors (Lipinski definition) is 3. The molecule has 0 aliphatic rings. The second-order valence-corrected chi connectivity index (χ2v) is 7.90. The lowest BCUT2D eigenvalue weighted by molar-refractivity contribution is 0.0950. The van der Waals surface area contributed by atoms with Crippen LogP contribution in [0.4, 0.5) is 0 Å². The van der Waals surface area contributed by atoms with Crippen molar-refractivity contribution in [1.29, 1.82) is 0 Å². The predicted molar refractivity (Wildman–Crippen MR) is 102 cm³/mol. The van der Waals surface area contributed by atoms with Gasteiger partial charge in [0.2, 0.25) is 0 Å². The Kier molecular flexibility index (Phi) is 5.89. The highest BCUT2D eigenvalue weighted by Crippen LogP contribution is 2.39. The minimum atomic E-state index is -0.458. The minimum absolute atomic E-state index is 0.0923. The standard InChI is InChI=1S/C16H18Br2N4O3/c1-16(2,3)12-6-10(20-21-12)15(24)22-19-7-8-13(18)9(17)5-11(25-4)14(8)23/h5-7,23H,1-4H3,(H,20,21)(H,22,24)/b19-7+. The summed E-state index contributed by atoms with van der Waals surface area (Å²) in [4.78, 5) is 12.1. The molecule has 2 rings (SSSR count). The molecule has 0 unspecified atom stereocenters. The highest BCUT2D eigenvalue weighted by molar-refractivity contribution is 9.13. The Hall–Kier alpha value is -1.87. The Bertz CT molecular complexity index is 826. The molecule has 0 spiro atoms. The van der Waals surface area contributed by atoms with Crippen LogP contribution in [0.2, 0.25) is 0 Å². The number of ether oxygens (including phenoxy) is 1. The van der Waals surface area contributed by atoms with Crippen molar-refractivity contribution in [2.45, 2.75) is 26.2 Å². The first kappa shape index (κ1) is 19.5. The summed E-state index contributed by atoms with van der Waals surface area (Å²) in [7, 11) is 1.45. The number of halogens is 2. The highest BCUT2D eigenvalue weighted by atomic mass is 79.9. The van der Waals surface area contributed by atoms with E-state index in [1.807, 2.05) is 20.8 Å². The number of phenolic OH excluding ortho intramolecular Hbond substituents is 1. The summed E-state index contributed by atoms with van der Waals surface area (Å²) in [5, 5.41) is 20.9. The number of H-pyrrole nitrogens is 1. The van der Waals surface area contributed by atoms with Gasteiger partial charge in [0.15, 0.2) is 17.2 Å². The molecule has 7 nitrogen and oxygen atoms in total. The number of carbonyl (C=O) groups is 1. The molecule has 2 aromatic rings. The van der Waals surface area contributed by atoms with Crippen molar-refractivity contribution in [3.8, 4) is 11.5 Å². The fourth-order valence-electron chi connectivity index (χ4n) is 1.92. The maximum absolute atomic E-state index is 12.1. The van der Waals surface area contributed by atoms with Gasteiger partial charge in [-0.25, -0.2) is 5.43 Å². The number of rotatable bonds is 4. The summed E-state index contributed by atoms with van der Waals surface area (Å²) in [6, 6.07) is 3.30. The number of phenols is 1. The van der Waals surface area contributed by atoms with E-state index in [4.69, 9.17) is 4.74 Å². The summed E-state index contributed by atoms with van der Waals surface area (Å²) < 4.78 is 6.35. The van der Waals surface area contributed by atoms with Gasteiger partial charge in [-0.15, -0.1) is 0 Å². The topological polar surface area (TPSA) is 99.6 Å². The average Bonchev–Trinajstić information content (AvgIpc) is 3.04. The molecule has 0 saturated heterocycles. The molecule has 0 fully saturated rings. The van der Waals surface area contributed by atoms with Crippen LogP contribution in [0, 0.1) is 0 Å². The zero-order valence-corrected chi connectivity index (χ0v) is 17.3. The monoisotopic (exact) mass is 472 g/mol. The Balaban J connectivity index is 2.17. The van der Waals surface area contributed by atoms with Gasteiger partial charge in [0.05, 0.1) is 18.9 Å². The number of aromatic nitrogens is 2. The van der Waals surface area contributed by atoms with Crippen LogP contribution >= 0.6 is 31.9 Å². The molecule has 0 bridgehead atoms. The average molecular weight is 474 g/mol. The van der Waals surface area contributed by atoms with Crippen LogP contribution in [-0.2, 0) is 5.41 Å². The summed E-state index contributed by atoms with van der Waals surface area (Å²) >= 11 is 6.70. The van der Waals surface area contributed by atoms with E-state index >= 15 is 0 Å². The molecule has 0 aliphatic carbocycles. The lowest BCUT2D eigenvalue weighted by atomic mass is 9.92. The Morgan fingerprint density at radius 2 is 2.08 bits per heavy atom. The van der Waals surface area contributed by atoms with Gasteiger partial charge in [0.1, 0.15) is 0 Å². The number of aromatic hydroxyl groups is 1. The maximum atomic E-state index is 12.1. The molecule has 1 aromatic heterocycles. The SMILES string of the molecule is COc1cc(Br)c(Br)c(/C=N/NC(=O)c2cc(C(C)(C)C)[nH]n2)c1O. The van der Waals surface area contributed by atoms with Crippen LogP contribution in [-0.4, -0.2) is 34.5 Å². The van der Waals surface area contributed by atoms with E-state index in [9.17, 15) is 9.90 Å². The third-order valence-corrected chi connectivity index (χ3v) is 5.40. The second-order valence-electron chi connectivity index (χ2n) is 6.25. The van der Waals surface area contributed by atoms with E-state index < -0.39 is 5.91 Å². The molecule has 25 heavy (non-hydrogen) atoms. The molecule has 1 amide bonds. The molecule has 0 atom stereocenters. The van der Waals surface area contributed by atoms with Crippen molar-refractivity contribution >= 4 is 44.0 Å². The number of methoxy groups -OCH3 is 1. The number of amides is 1. The van der Waals surface area contributed by atoms with Crippen molar-refractivity contribution in [3.63, 3.8) is 0 Å². The van der Waals surface area contributed by atoms with E-state index in [-0.39, 0.29) is 22.6 Å². The first-order chi connectivity index (χ1) is 11.6. The molecular formula is C16H18Br2N4O3. The van der Waals surface area contributed by atoms with Gasteiger partial charge in [-0.1, -0.05) is 20.8 Å². The molecule has 1 heterocycles. The van der Waals surface area contributed by atoms with Crippen molar-refractivity contribution in [2.75, 3.05) is 7.11 Å². The number of hydrazone groups is 1. The number of hydrogen-bond acceptors (Lipinski definition) is 5. The zero-order chi connectivity index (χ0) is 18.8. The molecule has 0 saturated carbocycles. The number of benzene rings is 1. The molecule has 3 N–H and O–H groups in total. The largest absolute Gasteiger partial charge is 0.504 e. The lowest BCUT2D eigenvalue weighted by Crippen LogP contribution is -2.18. The molecule has 134 valence electrons. The van der Waals surface area contributed by atoms with Crippen LogP contribution in [0.25, 0.3) is 0 Å². The van der Waals surface area contributed by atoms with Gasteiger partial charge in [-0.05, 0) is 44.0 Å². The predicted octanol–water partition coefficient (Wildman–Crippen LogP) is 3.71. The van der Waals surface area contributed by atoms with E-state index in [1.54, 1.807) is 12.1 Å². The number of carbonyl (C=O) groups excluding carboxylic acids is 1. The first-order valence-electron chi connectivity index (χ1n) is 7.29. The van der Waals surface area contributed by atoms with Gasteiger partial charge in [0.25, 0.3) is 5.91 Å². The lowest BCUT2D eigenvalue weighted by Gasteiger charge is -2.14. The van der Waals surface area contributed by atoms with Gasteiger partial charge in [-0.2, -0.15) is 10.2 Å². The van der Waals surface area contributed by atoms with Crippen molar-refractivity contribution in [3.05, 3.63) is 38.0 Å².